The van der Waals surface area contributed by atoms with E-state index in [9.17, 15) is 9.59 Å². The number of carbonyl (C=O) groups excluding carboxylic acids is 2. The maximum Gasteiger partial charge on any atom is 0.239 e. The average molecular weight is 250 g/mol. The summed E-state index contributed by atoms with van der Waals surface area (Å²) >= 11 is 0. The van der Waals surface area contributed by atoms with Gasteiger partial charge in [-0.05, 0) is 18.6 Å². The van der Waals surface area contributed by atoms with Crippen molar-refractivity contribution in [2.24, 2.45) is 11.7 Å². The van der Waals surface area contributed by atoms with E-state index in [1.165, 1.54) is 6.42 Å². The zero-order valence-electron chi connectivity index (χ0n) is 10.9. The fraction of sp³-hybridized carbons (Fsp3) is 0.429. The molecule has 0 aromatic heterocycles. The number of anilines is 1. The molecule has 1 saturated heterocycles. The van der Waals surface area contributed by atoms with Crippen LogP contribution in [-0.4, -0.2) is 18.4 Å². The number of carbonyl (C=O) groups is 2. The first kappa shape index (κ1) is 14.2. The molecule has 4 nitrogen and oxygen atoms in total. The fourth-order valence-corrected chi connectivity index (χ4v) is 1.81. The van der Waals surface area contributed by atoms with Crippen molar-refractivity contribution in [1.82, 2.24) is 0 Å². The van der Waals surface area contributed by atoms with E-state index in [0.717, 1.165) is 5.69 Å². The highest BCUT2D eigenvalue weighted by Gasteiger charge is 2.36. The molecule has 2 N–H and O–H groups in total. The summed E-state index contributed by atoms with van der Waals surface area (Å²) in [6.07, 6.45) is 1.77. The molecule has 1 aliphatic rings. The summed E-state index contributed by atoms with van der Waals surface area (Å²) in [5.41, 5.74) is 5.97. The molecule has 1 aliphatic heterocycles. The molecule has 2 rings (SSSR count). The third-order valence-corrected chi connectivity index (χ3v) is 2.62. The maximum atomic E-state index is 11.8. The zero-order chi connectivity index (χ0) is 13.5. The number of hydrogen-bond donors (Lipinski definition) is 1. The van der Waals surface area contributed by atoms with Gasteiger partial charge in [0, 0.05) is 13.7 Å². The molecule has 0 aliphatic carbocycles. The monoisotopic (exact) mass is 250 g/mol. The van der Waals surface area contributed by atoms with Gasteiger partial charge in [-0.3, -0.25) is 9.59 Å². The summed E-state index contributed by atoms with van der Waals surface area (Å²) in [4.78, 5) is 24.3. The largest absolute Gasteiger partial charge is 0.369 e. The fourth-order valence-electron chi connectivity index (χ4n) is 1.81. The van der Waals surface area contributed by atoms with Gasteiger partial charge in [0.15, 0.2) is 0 Å². The minimum absolute atomic E-state index is 0. The normalized spacial score (nSPS) is 18.2. The molecule has 1 fully saturated rings. The number of amides is 2. The van der Waals surface area contributed by atoms with Crippen LogP contribution in [0.5, 0.6) is 0 Å². The van der Waals surface area contributed by atoms with Gasteiger partial charge in [-0.25, -0.2) is 0 Å². The highest BCUT2D eigenvalue weighted by atomic mass is 16.2. The number of benzene rings is 1. The van der Waals surface area contributed by atoms with Crippen LogP contribution in [0.15, 0.2) is 30.3 Å². The van der Waals surface area contributed by atoms with Gasteiger partial charge in [0.25, 0.3) is 0 Å². The molecular formula is C14H22N2O2. The van der Waals surface area contributed by atoms with E-state index in [4.69, 9.17) is 5.73 Å². The quantitative estimate of drug-likeness (QED) is 0.818. The van der Waals surface area contributed by atoms with Crippen LogP contribution in [0.3, 0.4) is 0 Å². The highest BCUT2D eigenvalue weighted by molar-refractivity contribution is 6.09. The summed E-state index contributed by atoms with van der Waals surface area (Å²) in [6.45, 7) is 4.82. The van der Waals surface area contributed by atoms with Crippen LogP contribution in [0.2, 0.25) is 0 Å². The van der Waals surface area contributed by atoms with Crippen LogP contribution in [0, 0.1) is 5.92 Å². The molecule has 0 radical (unpaired) electrons. The highest BCUT2D eigenvalue weighted by Crippen LogP contribution is 2.24. The lowest BCUT2D eigenvalue weighted by molar-refractivity contribution is -0.130. The van der Waals surface area contributed by atoms with Crippen molar-refractivity contribution in [2.45, 2.75) is 26.7 Å². The molecule has 1 atom stereocenters. The third-order valence-electron chi connectivity index (χ3n) is 2.62. The van der Waals surface area contributed by atoms with Crippen molar-refractivity contribution >= 4 is 17.5 Å². The molecule has 1 heterocycles. The van der Waals surface area contributed by atoms with E-state index in [1.54, 1.807) is 4.90 Å². The van der Waals surface area contributed by atoms with E-state index in [1.807, 2.05) is 30.3 Å². The predicted molar refractivity (Wildman–Crippen MR) is 74.2 cm³/mol. The second kappa shape index (κ2) is 6.79. The van der Waals surface area contributed by atoms with E-state index >= 15 is 0 Å². The smallest absolute Gasteiger partial charge is 0.239 e. The van der Waals surface area contributed by atoms with Crippen molar-refractivity contribution in [1.29, 1.82) is 0 Å². The Morgan fingerprint density at radius 2 is 1.94 bits per heavy atom. The van der Waals surface area contributed by atoms with Crippen LogP contribution in [0.25, 0.3) is 0 Å². The van der Waals surface area contributed by atoms with Gasteiger partial charge in [-0.2, -0.15) is 0 Å². The molecular weight excluding hydrogens is 228 g/mol. The molecule has 0 bridgehead atoms. The number of nitrogens with zero attached hydrogens (tertiary/aromatic N) is 1. The Morgan fingerprint density at radius 3 is 2.39 bits per heavy atom. The van der Waals surface area contributed by atoms with Gasteiger partial charge < -0.3 is 10.6 Å². The van der Waals surface area contributed by atoms with Gasteiger partial charge in [0.1, 0.15) is 5.92 Å². The van der Waals surface area contributed by atoms with Gasteiger partial charge in [0.2, 0.25) is 11.8 Å². The van der Waals surface area contributed by atoms with Gasteiger partial charge in [0.05, 0.1) is 0 Å². The first-order chi connectivity index (χ1) is 8.61. The van der Waals surface area contributed by atoms with Crippen LogP contribution in [0.1, 0.15) is 28.1 Å². The number of rotatable bonds is 2. The first-order valence-electron chi connectivity index (χ1n) is 6.27. The Balaban J connectivity index is 0.000000742. The first-order valence-corrected chi connectivity index (χ1v) is 6.27. The van der Waals surface area contributed by atoms with E-state index in [0.29, 0.717) is 13.0 Å². The summed E-state index contributed by atoms with van der Waals surface area (Å²) in [5, 5.41) is 0. The lowest BCUT2D eigenvalue weighted by atomic mass is 10.1. The molecule has 100 valence electrons. The Morgan fingerprint density at radius 1 is 1.39 bits per heavy atom. The number of nitrogens with two attached hydrogens (primary N) is 1. The third kappa shape index (κ3) is 3.32. The predicted octanol–water partition coefficient (Wildman–Crippen LogP) is 2.19. The standard InChI is InChI=1S/C11H12N2O2.C3H8.H2/c12-10(14)9-6-7-13(11(9)15)8-4-2-1-3-5-8;1-3-2;/h1-5,9H,6-7H2,(H2,12,14);3H2,1-2H3;1H. The van der Waals surface area contributed by atoms with Crippen molar-refractivity contribution < 1.29 is 11.0 Å². The number of para-hydroxylation sites is 1. The van der Waals surface area contributed by atoms with E-state index < -0.39 is 11.8 Å². The lowest BCUT2D eigenvalue weighted by Gasteiger charge is -2.15. The summed E-state index contributed by atoms with van der Waals surface area (Å²) < 4.78 is 0. The average Bonchev–Trinajstić information content (AvgIpc) is 2.73. The van der Waals surface area contributed by atoms with Crippen molar-refractivity contribution in [3.05, 3.63) is 30.3 Å². The molecule has 18 heavy (non-hydrogen) atoms. The van der Waals surface area contributed by atoms with Crippen molar-refractivity contribution in [2.75, 3.05) is 11.4 Å². The van der Waals surface area contributed by atoms with Crippen LogP contribution < -0.4 is 10.6 Å². The Kier molecular flexibility index (Phi) is 5.36. The molecule has 0 spiro atoms. The van der Waals surface area contributed by atoms with Gasteiger partial charge >= 0.3 is 0 Å². The Labute approximate surface area is 109 Å². The minimum Gasteiger partial charge on any atom is -0.369 e. The molecule has 1 aromatic carbocycles. The van der Waals surface area contributed by atoms with Crippen LogP contribution in [0.4, 0.5) is 5.69 Å². The van der Waals surface area contributed by atoms with E-state index in [-0.39, 0.29) is 7.33 Å². The Hall–Kier alpha value is -1.84. The van der Waals surface area contributed by atoms with Crippen LogP contribution in [-0.2, 0) is 9.59 Å². The van der Waals surface area contributed by atoms with Gasteiger partial charge in [-0.15, -0.1) is 0 Å². The van der Waals surface area contributed by atoms with Crippen LogP contribution >= 0.6 is 0 Å². The van der Waals surface area contributed by atoms with Crippen molar-refractivity contribution in [3.63, 3.8) is 0 Å². The molecule has 1 unspecified atom stereocenters. The molecule has 4 heteroatoms. The van der Waals surface area contributed by atoms with Gasteiger partial charge in [-0.1, -0.05) is 38.5 Å². The second-order valence-corrected chi connectivity index (χ2v) is 4.28. The second-order valence-electron chi connectivity index (χ2n) is 4.28. The number of hydrogen-bond acceptors (Lipinski definition) is 2. The maximum absolute atomic E-state index is 11.8. The van der Waals surface area contributed by atoms with E-state index in [2.05, 4.69) is 13.8 Å². The Bertz CT molecular complexity index is 409. The molecule has 1 aromatic rings. The summed E-state index contributed by atoms with van der Waals surface area (Å²) in [5.74, 6) is -1.36. The molecule has 2 amide bonds. The number of primary amides is 1. The minimum atomic E-state index is -0.648. The molecule has 0 saturated carbocycles. The summed E-state index contributed by atoms with van der Waals surface area (Å²) in [6, 6.07) is 9.30. The van der Waals surface area contributed by atoms with Crippen molar-refractivity contribution in [3.8, 4) is 0 Å². The SMILES string of the molecule is CCC.NC(=O)C1CCN(c2ccccc2)C1=O.[HH]. The summed E-state index contributed by atoms with van der Waals surface area (Å²) in [7, 11) is 0. The zero-order valence-corrected chi connectivity index (χ0v) is 10.9. The lowest BCUT2D eigenvalue weighted by Crippen LogP contribution is -2.33. The topological polar surface area (TPSA) is 63.4 Å².